The maximum absolute atomic E-state index is 9.48. The minimum Gasteiger partial charge on any atom is -0.467 e. The fourth-order valence-corrected chi connectivity index (χ4v) is 1.62. The molecule has 2 N–H and O–H groups in total. The van der Waals surface area contributed by atoms with Crippen molar-refractivity contribution in [3.05, 3.63) is 11.2 Å². The van der Waals surface area contributed by atoms with Gasteiger partial charge >= 0.3 is 6.01 Å². The summed E-state index contributed by atoms with van der Waals surface area (Å²) < 4.78 is 4.94. The van der Waals surface area contributed by atoms with Crippen LogP contribution in [0.3, 0.4) is 0 Å². The van der Waals surface area contributed by atoms with Gasteiger partial charge in [0, 0.05) is 0 Å². The first-order chi connectivity index (χ1) is 8.10. The van der Waals surface area contributed by atoms with Gasteiger partial charge in [0.15, 0.2) is 5.82 Å². The predicted octanol–water partition coefficient (Wildman–Crippen LogP) is 2.10. The van der Waals surface area contributed by atoms with E-state index in [9.17, 15) is 5.11 Å². The summed E-state index contributed by atoms with van der Waals surface area (Å²) in [6.07, 6.45) is 3.01. The van der Waals surface area contributed by atoms with E-state index in [-0.39, 0.29) is 12.6 Å². The fraction of sp³-hybridized carbons (Fsp3) is 0.636. The largest absolute Gasteiger partial charge is 0.467 e. The second kappa shape index (κ2) is 6.02. The van der Waals surface area contributed by atoms with Crippen LogP contribution in [0.15, 0.2) is 6.20 Å². The van der Waals surface area contributed by atoms with Crippen LogP contribution in [-0.4, -0.2) is 34.3 Å². The molecular weight excluding hydrogens is 242 g/mol. The molecule has 0 aliphatic heterocycles. The molecular formula is C11H18ClN3O2. The standard InChI is InChI=1S/C11H18ClN3O2/c1-4-11(5-2,7-16)15-9-8(12)6-13-10(14-9)17-3/h6,16H,4-5,7H2,1-3H3,(H,13,14,15). The number of rotatable bonds is 6. The lowest BCUT2D eigenvalue weighted by molar-refractivity contribution is 0.202. The first-order valence-corrected chi connectivity index (χ1v) is 5.94. The molecule has 0 unspecified atom stereocenters. The Bertz CT molecular complexity index is 361. The van der Waals surface area contributed by atoms with E-state index >= 15 is 0 Å². The summed E-state index contributed by atoms with van der Waals surface area (Å²) in [5, 5.41) is 13.1. The normalized spacial score (nSPS) is 11.4. The lowest BCUT2D eigenvalue weighted by atomic mass is 9.94. The third-order valence-corrected chi connectivity index (χ3v) is 3.22. The number of aromatic nitrogens is 2. The highest BCUT2D eigenvalue weighted by Gasteiger charge is 2.26. The molecule has 0 aliphatic rings. The number of hydrogen-bond acceptors (Lipinski definition) is 5. The predicted molar refractivity (Wildman–Crippen MR) is 67.6 cm³/mol. The van der Waals surface area contributed by atoms with Gasteiger partial charge in [-0.25, -0.2) is 4.98 Å². The van der Waals surface area contributed by atoms with Gasteiger partial charge in [-0.2, -0.15) is 4.98 Å². The highest BCUT2D eigenvalue weighted by Crippen LogP contribution is 2.26. The van der Waals surface area contributed by atoms with E-state index in [1.807, 2.05) is 13.8 Å². The molecule has 0 spiro atoms. The Hall–Kier alpha value is -1.07. The number of nitrogens with zero attached hydrogens (tertiary/aromatic N) is 2. The van der Waals surface area contributed by atoms with E-state index in [1.54, 1.807) is 0 Å². The van der Waals surface area contributed by atoms with Gasteiger partial charge in [-0.3, -0.25) is 0 Å². The lowest BCUT2D eigenvalue weighted by Crippen LogP contribution is -2.41. The number of aliphatic hydroxyl groups excluding tert-OH is 1. The molecule has 0 aliphatic carbocycles. The molecule has 1 aromatic rings. The molecule has 1 heterocycles. The average molecular weight is 260 g/mol. The number of nitrogens with one attached hydrogen (secondary N) is 1. The molecule has 17 heavy (non-hydrogen) atoms. The summed E-state index contributed by atoms with van der Waals surface area (Å²) in [5.74, 6) is 0.483. The van der Waals surface area contributed by atoms with Gasteiger partial charge in [0.05, 0.1) is 25.5 Å². The maximum atomic E-state index is 9.48. The molecule has 1 aromatic heterocycles. The van der Waals surface area contributed by atoms with E-state index in [2.05, 4.69) is 15.3 Å². The van der Waals surface area contributed by atoms with Crippen LogP contribution in [0.4, 0.5) is 5.82 Å². The van der Waals surface area contributed by atoms with Gasteiger partial charge in [0.1, 0.15) is 5.02 Å². The zero-order valence-corrected chi connectivity index (χ0v) is 11.1. The summed E-state index contributed by atoms with van der Waals surface area (Å²) in [4.78, 5) is 8.03. The molecule has 0 aromatic carbocycles. The molecule has 0 fully saturated rings. The van der Waals surface area contributed by atoms with Crippen LogP contribution < -0.4 is 10.1 Å². The van der Waals surface area contributed by atoms with Gasteiger partial charge in [-0.1, -0.05) is 25.4 Å². The van der Waals surface area contributed by atoms with Crippen molar-refractivity contribution in [1.82, 2.24) is 9.97 Å². The van der Waals surface area contributed by atoms with Crippen molar-refractivity contribution in [3.63, 3.8) is 0 Å². The highest BCUT2D eigenvalue weighted by atomic mass is 35.5. The van der Waals surface area contributed by atoms with Crippen LogP contribution in [-0.2, 0) is 0 Å². The van der Waals surface area contributed by atoms with Crippen LogP contribution >= 0.6 is 11.6 Å². The Morgan fingerprint density at radius 1 is 1.47 bits per heavy atom. The second-order valence-electron chi connectivity index (χ2n) is 3.82. The molecule has 96 valence electrons. The molecule has 0 radical (unpaired) electrons. The van der Waals surface area contributed by atoms with Crippen molar-refractivity contribution in [2.75, 3.05) is 19.0 Å². The summed E-state index contributed by atoms with van der Waals surface area (Å²) in [6.45, 7) is 4.01. The SMILES string of the molecule is CCC(CC)(CO)Nc1nc(OC)ncc1Cl. The van der Waals surface area contributed by atoms with E-state index in [4.69, 9.17) is 16.3 Å². The minimum absolute atomic E-state index is 0.0165. The zero-order chi connectivity index (χ0) is 12.9. The van der Waals surface area contributed by atoms with Crippen molar-refractivity contribution in [1.29, 1.82) is 0 Å². The van der Waals surface area contributed by atoms with Gasteiger partial charge in [0.25, 0.3) is 0 Å². The topological polar surface area (TPSA) is 67.3 Å². The zero-order valence-electron chi connectivity index (χ0n) is 10.3. The Labute approximate surface area is 106 Å². The number of aliphatic hydroxyl groups is 1. The number of ether oxygens (including phenoxy) is 1. The number of anilines is 1. The molecule has 0 bridgehead atoms. The molecule has 0 saturated heterocycles. The van der Waals surface area contributed by atoms with Gasteiger partial charge in [-0.15, -0.1) is 0 Å². The fourth-order valence-electron chi connectivity index (χ4n) is 1.48. The first kappa shape index (κ1) is 14.0. The molecule has 1 rings (SSSR count). The Morgan fingerprint density at radius 3 is 2.59 bits per heavy atom. The molecule has 0 saturated carbocycles. The summed E-state index contributed by atoms with van der Waals surface area (Å²) in [5.41, 5.74) is -0.414. The molecule has 0 amide bonds. The minimum atomic E-state index is -0.414. The van der Waals surface area contributed by atoms with Crippen molar-refractivity contribution < 1.29 is 9.84 Å². The Morgan fingerprint density at radius 2 is 2.12 bits per heavy atom. The summed E-state index contributed by atoms with van der Waals surface area (Å²) >= 11 is 6.01. The Balaban J connectivity index is 2.99. The van der Waals surface area contributed by atoms with Crippen molar-refractivity contribution in [3.8, 4) is 6.01 Å². The number of halogens is 1. The number of methoxy groups -OCH3 is 1. The summed E-state index contributed by atoms with van der Waals surface area (Å²) in [6, 6.07) is 0.246. The van der Waals surface area contributed by atoms with Gasteiger partial charge in [0.2, 0.25) is 0 Å². The molecule has 0 atom stereocenters. The van der Waals surface area contributed by atoms with Crippen molar-refractivity contribution in [2.24, 2.45) is 0 Å². The van der Waals surface area contributed by atoms with E-state index in [0.717, 1.165) is 12.8 Å². The third kappa shape index (κ3) is 3.20. The quantitative estimate of drug-likeness (QED) is 0.819. The van der Waals surface area contributed by atoms with Crippen LogP contribution in [0, 0.1) is 0 Å². The van der Waals surface area contributed by atoms with Gasteiger partial charge < -0.3 is 15.2 Å². The van der Waals surface area contributed by atoms with E-state index < -0.39 is 5.54 Å². The molecule has 5 nitrogen and oxygen atoms in total. The van der Waals surface area contributed by atoms with Crippen LogP contribution in [0.1, 0.15) is 26.7 Å². The monoisotopic (exact) mass is 259 g/mol. The van der Waals surface area contributed by atoms with Crippen LogP contribution in [0.5, 0.6) is 6.01 Å². The van der Waals surface area contributed by atoms with Gasteiger partial charge in [-0.05, 0) is 12.8 Å². The van der Waals surface area contributed by atoms with Crippen molar-refractivity contribution in [2.45, 2.75) is 32.2 Å². The van der Waals surface area contributed by atoms with Crippen LogP contribution in [0.2, 0.25) is 5.02 Å². The maximum Gasteiger partial charge on any atom is 0.318 e. The third-order valence-electron chi connectivity index (χ3n) is 2.94. The molecule has 6 heteroatoms. The van der Waals surface area contributed by atoms with Crippen molar-refractivity contribution >= 4 is 17.4 Å². The second-order valence-corrected chi connectivity index (χ2v) is 4.23. The number of hydrogen-bond donors (Lipinski definition) is 2. The highest BCUT2D eigenvalue weighted by molar-refractivity contribution is 6.32. The average Bonchev–Trinajstić information content (AvgIpc) is 2.38. The smallest absolute Gasteiger partial charge is 0.318 e. The lowest BCUT2D eigenvalue weighted by Gasteiger charge is -2.31. The first-order valence-electron chi connectivity index (χ1n) is 5.56. The van der Waals surface area contributed by atoms with Crippen LogP contribution in [0.25, 0.3) is 0 Å². The van der Waals surface area contributed by atoms with E-state index in [0.29, 0.717) is 10.8 Å². The summed E-state index contributed by atoms with van der Waals surface area (Å²) in [7, 11) is 1.49. The Kier molecular flexibility index (Phi) is 4.96. The van der Waals surface area contributed by atoms with E-state index in [1.165, 1.54) is 13.3 Å².